The quantitative estimate of drug-likeness (QED) is 0.830. The van der Waals surface area contributed by atoms with E-state index in [1.165, 1.54) is 25.0 Å². The van der Waals surface area contributed by atoms with Gasteiger partial charge in [-0.15, -0.1) is 0 Å². The third-order valence-electron chi connectivity index (χ3n) is 3.36. The molecule has 1 N–H and O–H groups in total. The van der Waals surface area contributed by atoms with Crippen LogP contribution in [-0.4, -0.2) is 20.9 Å². The molecule has 4 heteroatoms. The Kier molecular flexibility index (Phi) is 3.27. The Bertz CT molecular complexity index is 380. The van der Waals surface area contributed by atoms with Crippen LogP contribution in [0.4, 0.5) is 0 Å². The van der Waals surface area contributed by atoms with Gasteiger partial charge in [-0.25, -0.2) is 0 Å². The minimum absolute atomic E-state index is 0.203. The Morgan fingerprint density at radius 2 is 2.38 bits per heavy atom. The summed E-state index contributed by atoms with van der Waals surface area (Å²) >= 11 is 0. The smallest absolute Gasteiger partial charge is 0.303 e. The molecule has 16 heavy (non-hydrogen) atoms. The summed E-state index contributed by atoms with van der Waals surface area (Å²) in [7, 11) is 0. The highest BCUT2D eigenvalue weighted by atomic mass is 16.4. The van der Waals surface area contributed by atoms with E-state index in [2.05, 4.69) is 12.0 Å². The minimum Gasteiger partial charge on any atom is -0.481 e. The molecule has 1 saturated carbocycles. The SMILES string of the molecule is CCn1ncc(CCC(=O)O)c1C1CCC1. The Balaban J connectivity index is 2.16. The lowest BCUT2D eigenvalue weighted by Crippen LogP contribution is -2.16. The van der Waals surface area contributed by atoms with E-state index in [0.29, 0.717) is 12.3 Å². The van der Waals surface area contributed by atoms with E-state index >= 15 is 0 Å². The zero-order chi connectivity index (χ0) is 11.5. The van der Waals surface area contributed by atoms with Crippen molar-refractivity contribution in [2.45, 2.75) is 51.5 Å². The van der Waals surface area contributed by atoms with Gasteiger partial charge in [0.05, 0.1) is 6.20 Å². The number of aryl methyl sites for hydroxylation is 2. The lowest BCUT2D eigenvalue weighted by atomic mass is 9.81. The molecule has 0 radical (unpaired) electrons. The maximum absolute atomic E-state index is 10.6. The van der Waals surface area contributed by atoms with E-state index in [1.807, 2.05) is 10.9 Å². The van der Waals surface area contributed by atoms with Gasteiger partial charge in [0.2, 0.25) is 0 Å². The number of carbonyl (C=O) groups is 1. The number of carboxylic acids is 1. The summed E-state index contributed by atoms with van der Waals surface area (Å²) in [5.74, 6) is -0.116. The fourth-order valence-corrected chi connectivity index (χ4v) is 2.27. The summed E-state index contributed by atoms with van der Waals surface area (Å²) in [4.78, 5) is 10.6. The molecule has 1 aromatic heterocycles. The van der Waals surface area contributed by atoms with Crippen molar-refractivity contribution < 1.29 is 9.90 Å². The van der Waals surface area contributed by atoms with Crippen LogP contribution >= 0.6 is 0 Å². The number of aliphatic carboxylic acids is 1. The Labute approximate surface area is 95.3 Å². The lowest BCUT2D eigenvalue weighted by Gasteiger charge is -2.27. The average molecular weight is 222 g/mol. The van der Waals surface area contributed by atoms with Crippen molar-refractivity contribution in [2.75, 3.05) is 0 Å². The summed E-state index contributed by atoms with van der Waals surface area (Å²) in [6.07, 6.45) is 6.41. The molecule has 88 valence electrons. The molecule has 1 fully saturated rings. The predicted molar refractivity (Wildman–Crippen MR) is 60.4 cm³/mol. The van der Waals surface area contributed by atoms with Crippen LogP contribution in [0.1, 0.15) is 49.8 Å². The zero-order valence-electron chi connectivity index (χ0n) is 9.65. The van der Waals surface area contributed by atoms with Crippen LogP contribution in [0.3, 0.4) is 0 Å². The van der Waals surface area contributed by atoms with Crippen LogP contribution in [0.2, 0.25) is 0 Å². The first-order valence-electron chi connectivity index (χ1n) is 5.98. The highest BCUT2D eigenvalue weighted by Crippen LogP contribution is 2.38. The number of aromatic nitrogens is 2. The van der Waals surface area contributed by atoms with E-state index < -0.39 is 5.97 Å². The number of nitrogens with zero attached hydrogens (tertiary/aromatic N) is 2. The maximum atomic E-state index is 10.6. The first kappa shape index (κ1) is 11.2. The Morgan fingerprint density at radius 1 is 1.62 bits per heavy atom. The molecule has 1 heterocycles. The van der Waals surface area contributed by atoms with E-state index in [9.17, 15) is 4.79 Å². The predicted octanol–water partition coefficient (Wildman–Crippen LogP) is 2.19. The number of hydrogen-bond acceptors (Lipinski definition) is 2. The van der Waals surface area contributed by atoms with Crippen molar-refractivity contribution in [1.82, 2.24) is 9.78 Å². The number of rotatable bonds is 5. The highest BCUT2D eigenvalue weighted by Gasteiger charge is 2.26. The van der Waals surface area contributed by atoms with Crippen molar-refractivity contribution in [3.05, 3.63) is 17.5 Å². The zero-order valence-corrected chi connectivity index (χ0v) is 9.65. The maximum Gasteiger partial charge on any atom is 0.303 e. The topological polar surface area (TPSA) is 55.1 Å². The van der Waals surface area contributed by atoms with Crippen LogP contribution < -0.4 is 0 Å². The molecule has 0 aromatic carbocycles. The highest BCUT2D eigenvalue weighted by molar-refractivity contribution is 5.67. The summed E-state index contributed by atoms with van der Waals surface area (Å²) in [5, 5.41) is 13.1. The van der Waals surface area contributed by atoms with Crippen molar-refractivity contribution in [3.8, 4) is 0 Å². The van der Waals surface area contributed by atoms with Crippen molar-refractivity contribution in [3.63, 3.8) is 0 Å². The van der Waals surface area contributed by atoms with Crippen LogP contribution in [0.25, 0.3) is 0 Å². The molecule has 0 atom stereocenters. The van der Waals surface area contributed by atoms with Gasteiger partial charge in [-0.3, -0.25) is 9.48 Å². The molecule has 1 aromatic rings. The number of carboxylic acid groups (broad SMARTS) is 1. The van der Waals surface area contributed by atoms with Gasteiger partial charge in [-0.2, -0.15) is 5.10 Å². The molecule has 0 spiro atoms. The normalized spacial score (nSPS) is 16.1. The van der Waals surface area contributed by atoms with Crippen molar-refractivity contribution in [1.29, 1.82) is 0 Å². The van der Waals surface area contributed by atoms with Crippen LogP contribution in [0, 0.1) is 0 Å². The molecule has 4 nitrogen and oxygen atoms in total. The molecule has 0 saturated heterocycles. The van der Waals surface area contributed by atoms with Gasteiger partial charge in [-0.1, -0.05) is 6.42 Å². The van der Waals surface area contributed by atoms with Gasteiger partial charge < -0.3 is 5.11 Å². The molecule has 0 unspecified atom stereocenters. The van der Waals surface area contributed by atoms with Gasteiger partial charge in [0, 0.05) is 24.6 Å². The molecule has 0 aliphatic heterocycles. The standard InChI is InChI=1S/C12H18N2O2/c1-2-14-12(9-4-3-5-9)10(8-13-14)6-7-11(15)16/h8-9H,2-7H2,1H3,(H,15,16). The Hall–Kier alpha value is -1.32. The van der Waals surface area contributed by atoms with Crippen LogP contribution in [-0.2, 0) is 17.8 Å². The summed E-state index contributed by atoms with van der Waals surface area (Å²) in [6, 6.07) is 0. The second kappa shape index (κ2) is 4.68. The first-order chi connectivity index (χ1) is 7.72. The van der Waals surface area contributed by atoms with Crippen LogP contribution in [0.5, 0.6) is 0 Å². The van der Waals surface area contributed by atoms with Gasteiger partial charge in [0.1, 0.15) is 0 Å². The van der Waals surface area contributed by atoms with Gasteiger partial charge in [0.15, 0.2) is 0 Å². The number of hydrogen-bond donors (Lipinski definition) is 1. The van der Waals surface area contributed by atoms with Crippen molar-refractivity contribution in [2.24, 2.45) is 0 Å². The van der Waals surface area contributed by atoms with Gasteiger partial charge in [0.25, 0.3) is 0 Å². The molecule has 1 aliphatic carbocycles. The fraction of sp³-hybridized carbons (Fsp3) is 0.667. The van der Waals surface area contributed by atoms with Crippen LogP contribution in [0.15, 0.2) is 6.20 Å². The Morgan fingerprint density at radius 3 is 2.88 bits per heavy atom. The van der Waals surface area contributed by atoms with E-state index in [1.54, 1.807) is 0 Å². The van der Waals surface area contributed by atoms with Gasteiger partial charge >= 0.3 is 5.97 Å². The second-order valence-electron chi connectivity index (χ2n) is 4.39. The third kappa shape index (κ3) is 2.10. The first-order valence-corrected chi connectivity index (χ1v) is 5.98. The van der Waals surface area contributed by atoms with E-state index in [-0.39, 0.29) is 6.42 Å². The molecule has 0 bridgehead atoms. The summed E-state index contributed by atoms with van der Waals surface area (Å²) < 4.78 is 2.03. The monoisotopic (exact) mass is 222 g/mol. The molecular weight excluding hydrogens is 204 g/mol. The van der Waals surface area contributed by atoms with Gasteiger partial charge in [-0.05, 0) is 31.7 Å². The average Bonchev–Trinajstić information content (AvgIpc) is 2.55. The lowest BCUT2D eigenvalue weighted by molar-refractivity contribution is -0.136. The minimum atomic E-state index is -0.733. The molecule has 2 rings (SSSR count). The van der Waals surface area contributed by atoms with E-state index in [4.69, 9.17) is 5.11 Å². The largest absolute Gasteiger partial charge is 0.481 e. The molecule has 1 aliphatic rings. The second-order valence-corrected chi connectivity index (χ2v) is 4.39. The molecular formula is C12H18N2O2. The molecule has 0 amide bonds. The summed E-state index contributed by atoms with van der Waals surface area (Å²) in [6.45, 7) is 2.95. The van der Waals surface area contributed by atoms with Crippen molar-refractivity contribution >= 4 is 5.97 Å². The summed E-state index contributed by atoms with van der Waals surface area (Å²) in [5.41, 5.74) is 2.42. The third-order valence-corrected chi connectivity index (χ3v) is 3.36. The fourth-order valence-electron chi connectivity index (χ4n) is 2.27. The van der Waals surface area contributed by atoms with E-state index in [0.717, 1.165) is 12.1 Å².